The van der Waals surface area contributed by atoms with Crippen molar-refractivity contribution in [3.8, 4) is 11.3 Å². The smallest absolute Gasteiger partial charge is 0.156 e. The predicted molar refractivity (Wildman–Crippen MR) is 87.9 cm³/mol. The lowest BCUT2D eigenvalue weighted by molar-refractivity contribution is 0.208. The Morgan fingerprint density at radius 1 is 1.14 bits per heavy atom. The molecule has 0 spiro atoms. The van der Waals surface area contributed by atoms with E-state index in [2.05, 4.69) is 20.5 Å². The molecule has 0 aliphatic heterocycles. The fourth-order valence-corrected chi connectivity index (χ4v) is 2.32. The number of fused-ring (bicyclic) bond motifs is 1. The average molecular weight is 315 g/mol. The zero-order chi connectivity index (χ0) is 15.5. The summed E-state index contributed by atoms with van der Waals surface area (Å²) in [6.07, 6.45) is 3.01. The standard InChI is InChI=1S/C16H15ClN4O/c1-10(22)8-19-16-13-6-7-18-9-14(13)15(20-21-16)11-2-4-12(17)5-3-11/h2-7,9-10,22H,8H2,1H3,(H,19,21)/t10-/m1/s1. The van der Waals surface area contributed by atoms with Crippen LogP contribution in [0, 0.1) is 0 Å². The summed E-state index contributed by atoms with van der Waals surface area (Å²) in [7, 11) is 0. The van der Waals surface area contributed by atoms with E-state index < -0.39 is 6.10 Å². The molecule has 0 radical (unpaired) electrons. The van der Waals surface area contributed by atoms with Crippen molar-refractivity contribution >= 4 is 28.2 Å². The van der Waals surface area contributed by atoms with Gasteiger partial charge in [0.1, 0.15) is 5.69 Å². The second-order valence-corrected chi connectivity index (χ2v) is 5.49. The lowest BCUT2D eigenvalue weighted by Crippen LogP contribution is -2.16. The molecule has 0 unspecified atom stereocenters. The van der Waals surface area contributed by atoms with Gasteiger partial charge in [-0.15, -0.1) is 10.2 Å². The molecule has 0 saturated heterocycles. The lowest BCUT2D eigenvalue weighted by Gasteiger charge is -2.11. The summed E-state index contributed by atoms with van der Waals surface area (Å²) < 4.78 is 0. The van der Waals surface area contributed by atoms with Crippen LogP contribution >= 0.6 is 11.6 Å². The number of aliphatic hydroxyl groups excluding tert-OH is 1. The lowest BCUT2D eigenvalue weighted by atomic mass is 10.1. The molecule has 5 nitrogen and oxygen atoms in total. The maximum atomic E-state index is 9.41. The molecule has 0 saturated carbocycles. The highest BCUT2D eigenvalue weighted by Gasteiger charge is 2.11. The van der Waals surface area contributed by atoms with Gasteiger partial charge in [-0.2, -0.15) is 0 Å². The molecule has 0 bridgehead atoms. The fourth-order valence-electron chi connectivity index (χ4n) is 2.19. The third kappa shape index (κ3) is 3.00. The zero-order valence-electron chi connectivity index (χ0n) is 12.0. The quantitative estimate of drug-likeness (QED) is 0.774. The van der Waals surface area contributed by atoms with Gasteiger partial charge >= 0.3 is 0 Å². The molecular formula is C16H15ClN4O. The summed E-state index contributed by atoms with van der Waals surface area (Å²) in [5, 5.41) is 23.5. The number of nitrogens with zero attached hydrogens (tertiary/aromatic N) is 3. The van der Waals surface area contributed by atoms with E-state index in [1.54, 1.807) is 19.3 Å². The van der Waals surface area contributed by atoms with Crippen LogP contribution in [0.2, 0.25) is 5.02 Å². The first kappa shape index (κ1) is 14.7. The summed E-state index contributed by atoms with van der Waals surface area (Å²) >= 11 is 5.93. The van der Waals surface area contributed by atoms with Crippen molar-refractivity contribution in [2.45, 2.75) is 13.0 Å². The Hall–Kier alpha value is -2.24. The van der Waals surface area contributed by atoms with E-state index in [1.807, 2.05) is 30.3 Å². The molecule has 0 aliphatic carbocycles. The number of hydrogen-bond acceptors (Lipinski definition) is 5. The minimum Gasteiger partial charge on any atom is -0.392 e. The molecule has 1 atom stereocenters. The van der Waals surface area contributed by atoms with Gasteiger partial charge in [-0.25, -0.2) is 0 Å². The number of rotatable bonds is 4. The summed E-state index contributed by atoms with van der Waals surface area (Å²) in [4.78, 5) is 4.18. The molecule has 112 valence electrons. The van der Waals surface area contributed by atoms with Crippen LogP contribution in [0.4, 0.5) is 5.82 Å². The number of nitrogens with one attached hydrogen (secondary N) is 1. The van der Waals surface area contributed by atoms with Gasteiger partial charge in [-0.05, 0) is 25.1 Å². The van der Waals surface area contributed by atoms with Crippen molar-refractivity contribution in [2.24, 2.45) is 0 Å². The Morgan fingerprint density at radius 2 is 1.91 bits per heavy atom. The predicted octanol–water partition coefficient (Wildman–Crippen LogP) is 3.14. The van der Waals surface area contributed by atoms with E-state index in [0.717, 1.165) is 22.0 Å². The number of pyridine rings is 1. The third-order valence-electron chi connectivity index (χ3n) is 3.26. The highest BCUT2D eigenvalue weighted by Crippen LogP contribution is 2.29. The Bertz CT molecular complexity index is 790. The molecule has 2 N–H and O–H groups in total. The van der Waals surface area contributed by atoms with Crippen molar-refractivity contribution in [1.82, 2.24) is 15.2 Å². The van der Waals surface area contributed by atoms with E-state index in [9.17, 15) is 5.11 Å². The van der Waals surface area contributed by atoms with Crippen molar-refractivity contribution in [2.75, 3.05) is 11.9 Å². The highest BCUT2D eigenvalue weighted by molar-refractivity contribution is 6.30. The normalized spacial score (nSPS) is 12.3. The zero-order valence-corrected chi connectivity index (χ0v) is 12.7. The number of aliphatic hydroxyl groups is 1. The Kier molecular flexibility index (Phi) is 4.18. The van der Waals surface area contributed by atoms with Gasteiger partial charge in [0.15, 0.2) is 5.82 Å². The summed E-state index contributed by atoms with van der Waals surface area (Å²) in [5.41, 5.74) is 1.68. The Morgan fingerprint density at radius 3 is 2.64 bits per heavy atom. The molecule has 0 aliphatic rings. The van der Waals surface area contributed by atoms with Crippen LogP contribution in [0.5, 0.6) is 0 Å². The van der Waals surface area contributed by atoms with E-state index in [-0.39, 0.29) is 0 Å². The van der Waals surface area contributed by atoms with Gasteiger partial charge in [-0.1, -0.05) is 23.7 Å². The van der Waals surface area contributed by atoms with Crippen LogP contribution in [0.3, 0.4) is 0 Å². The maximum absolute atomic E-state index is 9.41. The van der Waals surface area contributed by atoms with Gasteiger partial charge in [0.25, 0.3) is 0 Å². The number of hydrogen-bond donors (Lipinski definition) is 2. The van der Waals surface area contributed by atoms with Crippen LogP contribution in [-0.2, 0) is 0 Å². The molecule has 2 heterocycles. The van der Waals surface area contributed by atoms with Crippen LogP contribution in [0.1, 0.15) is 6.92 Å². The van der Waals surface area contributed by atoms with Gasteiger partial charge in [-0.3, -0.25) is 4.98 Å². The fraction of sp³-hybridized carbons (Fsp3) is 0.188. The second kappa shape index (κ2) is 6.25. The minimum absolute atomic E-state index is 0.409. The minimum atomic E-state index is -0.463. The van der Waals surface area contributed by atoms with E-state index >= 15 is 0 Å². The number of anilines is 1. The monoisotopic (exact) mass is 314 g/mol. The largest absolute Gasteiger partial charge is 0.392 e. The third-order valence-corrected chi connectivity index (χ3v) is 3.52. The summed E-state index contributed by atoms with van der Waals surface area (Å²) in [6, 6.07) is 9.33. The first-order valence-electron chi connectivity index (χ1n) is 6.93. The molecule has 1 aromatic carbocycles. The van der Waals surface area contributed by atoms with Crippen LogP contribution in [-0.4, -0.2) is 32.9 Å². The molecule has 3 aromatic rings. The van der Waals surface area contributed by atoms with Gasteiger partial charge in [0, 0.05) is 40.3 Å². The molecule has 0 amide bonds. The van der Waals surface area contributed by atoms with Gasteiger partial charge < -0.3 is 10.4 Å². The first-order chi connectivity index (χ1) is 10.6. The van der Waals surface area contributed by atoms with E-state index in [0.29, 0.717) is 17.4 Å². The van der Waals surface area contributed by atoms with Crippen LogP contribution < -0.4 is 5.32 Å². The molecular weight excluding hydrogens is 300 g/mol. The first-order valence-corrected chi connectivity index (χ1v) is 7.31. The van der Waals surface area contributed by atoms with E-state index in [4.69, 9.17) is 11.6 Å². The highest BCUT2D eigenvalue weighted by atomic mass is 35.5. The molecule has 6 heteroatoms. The maximum Gasteiger partial charge on any atom is 0.156 e. The Labute approximate surface area is 133 Å². The molecule has 0 fully saturated rings. The molecule has 3 rings (SSSR count). The van der Waals surface area contributed by atoms with Gasteiger partial charge in [0.05, 0.1) is 6.10 Å². The molecule has 22 heavy (non-hydrogen) atoms. The molecule has 2 aromatic heterocycles. The van der Waals surface area contributed by atoms with Crippen LogP contribution in [0.25, 0.3) is 22.0 Å². The summed E-state index contributed by atoms with van der Waals surface area (Å²) in [5.74, 6) is 0.635. The van der Waals surface area contributed by atoms with Gasteiger partial charge in [0.2, 0.25) is 0 Å². The number of aromatic nitrogens is 3. The number of halogens is 1. The van der Waals surface area contributed by atoms with Crippen molar-refractivity contribution in [3.63, 3.8) is 0 Å². The number of benzene rings is 1. The van der Waals surface area contributed by atoms with Crippen LogP contribution in [0.15, 0.2) is 42.7 Å². The van der Waals surface area contributed by atoms with Crippen molar-refractivity contribution < 1.29 is 5.11 Å². The topological polar surface area (TPSA) is 70.9 Å². The van der Waals surface area contributed by atoms with Crippen molar-refractivity contribution in [3.05, 3.63) is 47.7 Å². The SMILES string of the molecule is C[C@@H](O)CNc1nnc(-c2ccc(Cl)cc2)c2cnccc12. The average Bonchev–Trinajstić information content (AvgIpc) is 2.53. The summed E-state index contributed by atoms with van der Waals surface area (Å²) in [6.45, 7) is 2.12. The van der Waals surface area contributed by atoms with Crippen molar-refractivity contribution in [1.29, 1.82) is 0 Å². The van der Waals surface area contributed by atoms with E-state index in [1.165, 1.54) is 0 Å². The second-order valence-electron chi connectivity index (χ2n) is 5.06. The Balaban J connectivity index is 2.09.